The largest absolute Gasteiger partial charge is 0.376 e. The minimum absolute atomic E-state index is 0.745. The number of fused-ring (bicyclic) bond motifs is 1. The Kier molecular flexibility index (Phi) is 3.96. The zero-order chi connectivity index (χ0) is 9.68. The maximum atomic E-state index is 5.34. The second-order valence-electron chi connectivity index (χ2n) is 2.78. The zero-order valence-corrected chi connectivity index (χ0v) is 8.68. The first-order chi connectivity index (χ1) is 6.42. The summed E-state index contributed by atoms with van der Waals surface area (Å²) in [7, 11) is 0. The molecule has 74 valence electrons. The molecule has 1 aromatic rings. The average Bonchev–Trinajstić information content (AvgIpc) is 2.64. The summed E-state index contributed by atoms with van der Waals surface area (Å²) < 4.78 is 5.34. The lowest BCUT2D eigenvalue weighted by molar-refractivity contribution is 0.109. The molecule has 0 bridgehead atoms. The van der Waals surface area contributed by atoms with E-state index < -0.39 is 0 Å². The normalized spacial score (nSPS) is 14.4. The first kappa shape index (κ1) is 10.3. The molecule has 0 aromatic carbocycles. The SMILES string of the molecule is CC.CCc1n[nH]c2c1COCC2. The van der Waals surface area contributed by atoms with E-state index in [2.05, 4.69) is 17.1 Å². The van der Waals surface area contributed by atoms with Gasteiger partial charge in [-0.05, 0) is 6.42 Å². The Balaban J connectivity index is 0.000000396. The van der Waals surface area contributed by atoms with E-state index in [1.165, 1.54) is 17.0 Å². The van der Waals surface area contributed by atoms with Crippen molar-refractivity contribution in [2.75, 3.05) is 6.61 Å². The monoisotopic (exact) mass is 182 g/mol. The number of H-pyrrole nitrogens is 1. The van der Waals surface area contributed by atoms with Crippen LogP contribution in [-0.2, 0) is 24.2 Å². The van der Waals surface area contributed by atoms with Gasteiger partial charge < -0.3 is 4.74 Å². The van der Waals surface area contributed by atoms with Gasteiger partial charge in [-0.15, -0.1) is 0 Å². The Morgan fingerprint density at radius 3 is 2.92 bits per heavy atom. The van der Waals surface area contributed by atoms with E-state index in [4.69, 9.17) is 4.74 Å². The summed E-state index contributed by atoms with van der Waals surface area (Å²) >= 11 is 0. The predicted octanol–water partition coefficient (Wildman–Crippen LogP) is 2.07. The number of aromatic amines is 1. The van der Waals surface area contributed by atoms with E-state index in [0.29, 0.717) is 0 Å². The van der Waals surface area contributed by atoms with Crippen molar-refractivity contribution in [3.63, 3.8) is 0 Å². The van der Waals surface area contributed by atoms with Gasteiger partial charge in [-0.1, -0.05) is 20.8 Å². The average molecular weight is 182 g/mol. The van der Waals surface area contributed by atoms with Crippen molar-refractivity contribution in [3.05, 3.63) is 17.0 Å². The molecule has 1 aromatic heterocycles. The zero-order valence-electron chi connectivity index (χ0n) is 8.68. The molecule has 0 atom stereocenters. The lowest BCUT2D eigenvalue weighted by Crippen LogP contribution is -2.09. The molecule has 3 heteroatoms. The smallest absolute Gasteiger partial charge is 0.0753 e. The lowest BCUT2D eigenvalue weighted by Gasteiger charge is -2.11. The number of hydrogen-bond acceptors (Lipinski definition) is 2. The van der Waals surface area contributed by atoms with E-state index in [9.17, 15) is 0 Å². The minimum Gasteiger partial charge on any atom is -0.376 e. The molecule has 0 saturated carbocycles. The molecule has 2 heterocycles. The van der Waals surface area contributed by atoms with Crippen LogP contribution in [0.3, 0.4) is 0 Å². The molecule has 0 saturated heterocycles. The summed E-state index contributed by atoms with van der Waals surface area (Å²) in [6.45, 7) is 7.69. The summed E-state index contributed by atoms with van der Waals surface area (Å²) in [4.78, 5) is 0. The Morgan fingerprint density at radius 1 is 1.46 bits per heavy atom. The number of nitrogens with zero attached hydrogens (tertiary/aromatic N) is 1. The fourth-order valence-electron chi connectivity index (χ4n) is 1.46. The Hall–Kier alpha value is -0.830. The highest BCUT2D eigenvalue weighted by Gasteiger charge is 2.15. The van der Waals surface area contributed by atoms with Crippen LogP contribution >= 0.6 is 0 Å². The summed E-state index contributed by atoms with van der Waals surface area (Å²) in [6.07, 6.45) is 1.98. The summed E-state index contributed by atoms with van der Waals surface area (Å²) in [5, 5.41) is 7.26. The van der Waals surface area contributed by atoms with Crippen LogP contribution in [0.1, 0.15) is 37.7 Å². The number of aromatic nitrogens is 2. The summed E-state index contributed by atoms with van der Waals surface area (Å²) in [5.41, 5.74) is 3.73. The van der Waals surface area contributed by atoms with Crippen LogP contribution in [0.5, 0.6) is 0 Å². The van der Waals surface area contributed by atoms with E-state index >= 15 is 0 Å². The molecule has 13 heavy (non-hydrogen) atoms. The fraction of sp³-hybridized carbons (Fsp3) is 0.700. The van der Waals surface area contributed by atoms with Gasteiger partial charge >= 0.3 is 0 Å². The number of nitrogens with one attached hydrogen (secondary N) is 1. The van der Waals surface area contributed by atoms with E-state index in [-0.39, 0.29) is 0 Å². The van der Waals surface area contributed by atoms with Crippen molar-refractivity contribution in [1.82, 2.24) is 10.2 Å². The molecule has 0 radical (unpaired) electrons. The van der Waals surface area contributed by atoms with Crippen LogP contribution in [0, 0.1) is 0 Å². The molecular weight excluding hydrogens is 164 g/mol. The van der Waals surface area contributed by atoms with Crippen LogP contribution in [0.25, 0.3) is 0 Å². The predicted molar refractivity (Wildman–Crippen MR) is 52.7 cm³/mol. The molecule has 0 amide bonds. The van der Waals surface area contributed by atoms with Crippen LogP contribution in [0.4, 0.5) is 0 Å². The highest BCUT2D eigenvalue weighted by Crippen LogP contribution is 2.17. The molecule has 3 nitrogen and oxygen atoms in total. The highest BCUT2D eigenvalue weighted by atomic mass is 16.5. The van der Waals surface area contributed by atoms with Gasteiger partial charge in [0.1, 0.15) is 0 Å². The standard InChI is InChI=1S/C8H12N2O.C2H6/c1-2-7-6-5-11-4-3-8(6)10-9-7;1-2/h2-5H2,1H3,(H,9,10);1-2H3. The van der Waals surface area contributed by atoms with Gasteiger partial charge in [0.15, 0.2) is 0 Å². The second kappa shape index (κ2) is 5.02. The number of ether oxygens (including phenoxy) is 1. The van der Waals surface area contributed by atoms with Crippen LogP contribution < -0.4 is 0 Å². The quantitative estimate of drug-likeness (QED) is 0.722. The first-order valence-corrected chi connectivity index (χ1v) is 5.04. The number of rotatable bonds is 1. The van der Waals surface area contributed by atoms with Gasteiger partial charge in [0.25, 0.3) is 0 Å². The van der Waals surface area contributed by atoms with Gasteiger partial charge in [0.2, 0.25) is 0 Å². The third-order valence-corrected chi connectivity index (χ3v) is 2.12. The van der Waals surface area contributed by atoms with E-state index in [1.807, 2.05) is 13.8 Å². The molecule has 0 aliphatic carbocycles. The van der Waals surface area contributed by atoms with Crippen LogP contribution in [0.2, 0.25) is 0 Å². The molecule has 0 fully saturated rings. The van der Waals surface area contributed by atoms with Crippen molar-refractivity contribution >= 4 is 0 Å². The third kappa shape index (κ3) is 2.10. The highest BCUT2D eigenvalue weighted by molar-refractivity contribution is 5.25. The van der Waals surface area contributed by atoms with Crippen molar-refractivity contribution < 1.29 is 4.74 Å². The van der Waals surface area contributed by atoms with Crippen LogP contribution in [-0.4, -0.2) is 16.8 Å². The maximum Gasteiger partial charge on any atom is 0.0753 e. The van der Waals surface area contributed by atoms with E-state index in [1.54, 1.807) is 0 Å². The van der Waals surface area contributed by atoms with E-state index in [0.717, 1.165) is 26.1 Å². The van der Waals surface area contributed by atoms with Gasteiger partial charge in [-0.25, -0.2) is 0 Å². The fourth-order valence-corrected chi connectivity index (χ4v) is 1.46. The number of aryl methyl sites for hydroxylation is 1. The first-order valence-electron chi connectivity index (χ1n) is 5.04. The minimum atomic E-state index is 0.745. The van der Waals surface area contributed by atoms with Gasteiger partial charge in [-0.2, -0.15) is 5.10 Å². The maximum absolute atomic E-state index is 5.34. The Morgan fingerprint density at radius 2 is 2.23 bits per heavy atom. The molecule has 0 unspecified atom stereocenters. The molecular formula is C10H18N2O. The molecule has 1 aliphatic heterocycles. The topological polar surface area (TPSA) is 37.9 Å². The molecule has 2 rings (SSSR count). The van der Waals surface area contributed by atoms with Crippen LogP contribution in [0.15, 0.2) is 0 Å². The molecule has 0 spiro atoms. The summed E-state index contributed by atoms with van der Waals surface area (Å²) in [6, 6.07) is 0. The number of hydrogen-bond donors (Lipinski definition) is 1. The van der Waals surface area contributed by atoms with Gasteiger partial charge in [0, 0.05) is 17.7 Å². The van der Waals surface area contributed by atoms with Gasteiger partial charge in [-0.3, -0.25) is 5.10 Å². The van der Waals surface area contributed by atoms with Crippen molar-refractivity contribution in [2.45, 2.75) is 40.2 Å². The molecule has 1 aliphatic rings. The summed E-state index contributed by atoms with van der Waals surface area (Å²) in [5.74, 6) is 0. The lowest BCUT2D eigenvalue weighted by atomic mass is 10.1. The third-order valence-electron chi connectivity index (χ3n) is 2.12. The second-order valence-corrected chi connectivity index (χ2v) is 2.78. The van der Waals surface area contributed by atoms with Crippen molar-refractivity contribution in [3.8, 4) is 0 Å². The van der Waals surface area contributed by atoms with Gasteiger partial charge in [0.05, 0.1) is 18.9 Å². The molecule has 1 N–H and O–H groups in total. The Labute approximate surface area is 79.5 Å². The Bertz CT molecular complexity index is 242. The van der Waals surface area contributed by atoms with Crippen molar-refractivity contribution in [1.29, 1.82) is 0 Å². The van der Waals surface area contributed by atoms with Crippen molar-refractivity contribution in [2.24, 2.45) is 0 Å².